The maximum Gasteiger partial charge on any atom is 0.337 e. The van der Waals surface area contributed by atoms with Crippen LogP contribution in [0.2, 0.25) is 0 Å². The molecule has 1 saturated heterocycles. The summed E-state index contributed by atoms with van der Waals surface area (Å²) in [7, 11) is 1.93. The van der Waals surface area contributed by atoms with Gasteiger partial charge >= 0.3 is 5.97 Å². The highest BCUT2D eigenvalue weighted by molar-refractivity contribution is 6.01. The summed E-state index contributed by atoms with van der Waals surface area (Å²) in [4.78, 5) is 43.2. The van der Waals surface area contributed by atoms with Crippen molar-refractivity contribution < 1.29 is 29.0 Å². The number of aromatic nitrogens is 2. The van der Waals surface area contributed by atoms with Crippen LogP contribution in [0.4, 0.5) is 5.69 Å². The standard InChI is InChI=1S/C35H32N4O6/c1-38-30-9-5-2-6-24(30)21-31(38)34(41)39-18-16-27(17-19-39)44-25-11-13-26(14-12-25)45-33-15-10-23(22-36-33)20-32(40)37-29-8-4-3-7-28(29)35(42)43/h2-15,21-22,27H,16-20H2,1H3,(H,37,40)(H,42,43). The maximum atomic E-state index is 13.2. The molecule has 0 unspecified atom stereocenters. The number of rotatable bonds is 9. The number of nitrogens with one attached hydrogen (secondary N) is 1. The smallest absolute Gasteiger partial charge is 0.337 e. The van der Waals surface area contributed by atoms with Crippen LogP contribution in [0.15, 0.2) is 97.2 Å². The van der Waals surface area contributed by atoms with E-state index in [4.69, 9.17) is 9.47 Å². The molecule has 2 aromatic heterocycles. The third kappa shape index (κ3) is 6.80. The zero-order chi connectivity index (χ0) is 31.3. The van der Waals surface area contributed by atoms with Gasteiger partial charge in [0.2, 0.25) is 11.8 Å². The maximum absolute atomic E-state index is 13.2. The molecule has 0 bridgehead atoms. The van der Waals surface area contributed by atoms with Crippen molar-refractivity contribution in [2.75, 3.05) is 18.4 Å². The summed E-state index contributed by atoms with van der Waals surface area (Å²) in [6.07, 6.45) is 3.08. The fourth-order valence-electron chi connectivity index (χ4n) is 5.47. The fraction of sp³-hybridized carbons (Fsp3) is 0.200. The number of carboxylic acid groups (broad SMARTS) is 1. The van der Waals surface area contributed by atoms with Gasteiger partial charge in [0.25, 0.3) is 5.91 Å². The van der Waals surface area contributed by atoms with Crippen LogP contribution >= 0.6 is 0 Å². The van der Waals surface area contributed by atoms with E-state index in [9.17, 15) is 19.5 Å². The Morgan fingerprint density at radius 1 is 0.911 bits per heavy atom. The van der Waals surface area contributed by atoms with Crippen LogP contribution in [0.1, 0.15) is 39.3 Å². The number of anilines is 1. The van der Waals surface area contributed by atoms with E-state index < -0.39 is 5.97 Å². The van der Waals surface area contributed by atoms with E-state index in [1.54, 1.807) is 48.7 Å². The molecule has 1 fully saturated rings. The first-order valence-electron chi connectivity index (χ1n) is 14.7. The summed E-state index contributed by atoms with van der Waals surface area (Å²) in [6.45, 7) is 1.26. The number of benzene rings is 3. The second-order valence-electron chi connectivity index (χ2n) is 10.9. The van der Waals surface area contributed by atoms with E-state index in [1.807, 2.05) is 59.0 Å². The number of hydrogen-bond donors (Lipinski definition) is 2. The molecule has 3 heterocycles. The highest BCUT2D eigenvalue weighted by Crippen LogP contribution is 2.26. The lowest BCUT2D eigenvalue weighted by atomic mass is 10.1. The van der Waals surface area contributed by atoms with E-state index in [2.05, 4.69) is 10.3 Å². The number of likely N-dealkylation sites (tertiary alicyclic amines) is 1. The van der Waals surface area contributed by atoms with Gasteiger partial charge in [-0.1, -0.05) is 36.4 Å². The minimum absolute atomic E-state index is 0.0114. The number of carboxylic acids is 1. The number of aryl methyl sites for hydroxylation is 1. The van der Waals surface area contributed by atoms with Crippen LogP contribution in [0.3, 0.4) is 0 Å². The van der Waals surface area contributed by atoms with Crippen molar-refractivity contribution >= 4 is 34.4 Å². The number of pyridine rings is 1. The first-order chi connectivity index (χ1) is 21.8. The Balaban J connectivity index is 0.972. The van der Waals surface area contributed by atoms with E-state index >= 15 is 0 Å². The lowest BCUT2D eigenvalue weighted by molar-refractivity contribution is -0.115. The van der Waals surface area contributed by atoms with Crippen molar-refractivity contribution in [1.82, 2.24) is 14.5 Å². The van der Waals surface area contributed by atoms with Gasteiger partial charge in [-0.15, -0.1) is 0 Å². The largest absolute Gasteiger partial charge is 0.490 e. The number of para-hydroxylation sites is 2. The lowest BCUT2D eigenvalue weighted by Crippen LogP contribution is -2.42. The molecule has 10 nitrogen and oxygen atoms in total. The van der Waals surface area contributed by atoms with Crippen LogP contribution in [0.25, 0.3) is 10.9 Å². The Hall–Kier alpha value is -5.64. The molecule has 2 amide bonds. The van der Waals surface area contributed by atoms with Crippen LogP contribution < -0.4 is 14.8 Å². The first kappa shape index (κ1) is 29.4. The van der Waals surface area contributed by atoms with Crippen molar-refractivity contribution in [3.05, 3.63) is 114 Å². The Labute approximate surface area is 259 Å². The molecule has 10 heteroatoms. The number of aromatic carboxylic acids is 1. The monoisotopic (exact) mass is 604 g/mol. The highest BCUT2D eigenvalue weighted by Gasteiger charge is 2.26. The molecule has 5 aromatic rings. The molecule has 2 N–H and O–H groups in total. The number of fused-ring (bicyclic) bond motifs is 1. The number of piperidine rings is 1. The Bertz CT molecular complexity index is 1840. The minimum Gasteiger partial charge on any atom is -0.490 e. The van der Waals surface area contributed by atoms with Gasteiger partial charge in [0.15, 0.2) is 0 Å². The van der Waals surface area contributed by atoms with Crippen molar-refractivity contribution in [3.8, 4) is 17.4 Å². The molecule has 0 aliphatic carbocycles. The Kier molecular flexibility index (Phi) is 8.45. The van der Waals surface area contributed by atoms with Crippen LogP contribution in [-0.4, -0.2) is 56.5 Å². The quantitative estimate of drug-likeness (QED) is 0.214. The van der Waals surface area contributed by atoms with Gasteiger partial charge in [-0.05, 0) is 54.1 Å². The average Bonchev–Trinajstić information content (AvgIpc) is 3.39. The molecule has 0 radical (unpaired) electrons. The molecule has 6 rings (SSSR count). The average molecular weight is 605 g/mol. The molecule has 228 valence electrons. The zero-order valence-electron chi connectivity index (χ0n) is 24.7. The molecule has 0 spiro atoms. The fourth-order valence-corrected chi connectivity index (χ4v) is 5.47. The molecule has 0 atom stereocenters. The van der Waals surface area contributed by atoms with Crippen LogP contribution in [-0.2, 0) is 18.3 Å². The summed E-state index contributed by atoms with van der Waals surface area (Å²) < 4.78 is 14.0. The lowest BCUT2D eigenvalue weighted by Gasteiger charge is -2.32. The SMILES string of the molecule is Cn1c(C(=O)N2CCC(Oc3ccc(Oc4ccc(CC(=O)Nc5ccccc5C(=O)O)cn4)cc3)CC2)cc2ccccc21. The van der Waals surface area contributed by atoms with Gasteiger partial charge in [0.1, 0.15) is 23.3 Å². The Morgan fingerprint density at radius 2 is 1.62 bits per heavy atom. The van der Waals surface area contributed by atoms with Crippen LogP contribution in [0, 0.1) is 0 Å². The second-order valence-corrected chi connectivity index (χ2v) is 10.9. The number of hydrogen-bond acceptors (Lipinski definition) is 6. The summed E-state index contributed by atoms with van der Waals surface area (Å²) in [5.74, 6) is 0.255. The number of ether oxygens (including phenoxy) is 2. The molecular weight excluding hydrogens is 572 g/mol. The molecule has 1 aliphatic rings. The summed E-state index contributed by atoms with van der Waals surface area (Å²) >= 11 is 0. The van der Waals surface area contributed by atoms with Gasteiger partial charge < -0.3 is 29.4 Å². The van der Waals surface area contributed by atoms with E-state index in [1.165, 1.54) is 6.07 Å². The summed E-state index contributed by atoms with van der Waals surface area (Å²) in [6, 6.07) is 26.9. The van der Waals surface area contributed by atoms with Crippen LogP contribution in [0.5, 0.6) is 17.4 Å². The predicted octanol–water partition coefficient (Wildman–Crippen LogP) is 5.93. The van der Waals surface area contributed by atoms with Gasteiger partial charge in [0, 0.05) is 56.1 Å². The van der Waals surface area contributed by atoms with Gasteiger partial charge in [-0.3, -0.25) is 9.59 Å². The highest BCUT2D eigenvalue weighted by atomic mass is 16.5. The number of amides is 2. The number of nitrogens with zero attached hydrogens (tertiary/aromatic N) is 3. The topological polar surface area (TPSA) is 123 Å². The molecule has 3 aromatic carbocycles. The zero-order valence-corrected chi connectivity index (χ0v) is 24.7. The molecule has 45 heavy (non-hydrogen) atoms. The third-order valence-electron chi connectivity index (χ3n) is 7.84. The summed E-state index contributed by atoms with van der Waals surface area (Å²) in [5, 5.41) is 13.0. The van der Waals surface area contributed by atoms with Crippen molar-refractivity contribution in [3.63, 3.8) is 0 Å². The second kappa shape index (κ2) is 12.9. The van der Waals surface area contributed by atoms with Gasteiger partial charge in [-0.25, -0.2) is 9.78 Å². The first-order valence-corrected chi connectivity index (χ1v) is 14.7. The third-order valence-corrected chi connectivity index (χ3v) is 7.84. The van der Waals surface area contributed by atoms with E-state index in [-0.39, 0.29) is 35.6 Å². The van der Waals surface area contributed by atoms with Gasteiger partial charge in [-0.2, -0.15) is 0 Å². The molecule has 0 saturated carbocycles. The molecule has 1 aliphatic heterocycles. The number of carbonyl (C=O) groups is 3. The van der Waals surface area contributed by atoms with Crippen molar-refractivity contribution in [2.45, 2.75) is 25.4 Å². The van der Waals surface area contributed by atoms with Crippen molar-refractivity contribution in [1.29, 1.82) is 0 Å². The van der Waals surface area contributed by atoms with Crippen molar-refractivity contribution in [2.24, 2.45) is 7.05 Å². The predicted molar refractivity (Wildman–Crippen MR) is 169 cm³/mol. The normalized spacial score (nSPS) is 13.4. The number of carbonyl (C=O) groups excluding carboxylic acids is 2. The van der Waals surface area contributed by atoms with Gasteiger partial charge in [0.05, 0.1) is 17.7 Å². The molecular formula is C35H32N4O6. The minimum atomic E-state index is -1.11. The van der Waals surface area contributed by atoms with E-state index in [0.29, 0.717) is 36.0 Å². The summed E-state index contributed by atoms with van der Waals surface area (Å²) in [5.41, 5.74) is 2.66. The van der Waals surface area contributed by atoms with E-state index in [0.717, 1.165) is 29.5 Å². The Morgan fingerprint density at radius 3 is 2.33 bits per heavy atom.